The van der Waals surface area contributed by atoms with Gasteiger partial charge in [0.1, 0.15) is 19.3 Å². The minimum atomic E-state index is -1.38. The molecule has 0 saturated carbocycles. The third kappa shape index (κ3) is 32.1. The standard InChI is InChI=1S/C43H76N4O13/c1-35(48)33-59-30-28-58-27-23-45-39(50)34-60-31-29-57-26-22-44-38(49)32-37(43(55)56)46-42(54)36-20-24-47(25-21-36)40(51)18-16-14-12-10-8-6-4-2-3-5-7-9-11-13-15-17-19-41(52)53/h36-37H,2-34H2,1H3,(H,44,49)(H,45,50)(H,46,54)(H,52,53)(H,55,56). The minimum Gasteiger partial charge on any atom is -0.481 e. The molecular weight excluding hydrogens is 780 g/mol. The molecule has 5 N–H and O–H groups in total. The van der Waals surface area contributed by atoms with E-state index in [4.69, 9.17) is 24.1 Å². The van der Waals surface area contributed by atoms with Gasteiger partial charge in [-0.3, -0.25) is 28.8 Å². The van der Waals surface area contributed by atoms with Crippen LogP contribution in [-0.4, -0.2) is 142 Å². The van der Waals surface area contributed by atoms with E-state index >= 15 is 0 Å². The zero-order valence-corrected chi connectivity index (χ0v) is 36.3. The van der Waals surface area contributed by atoms with Crippen LogP contribution in [0.1, 0.15) is 142 Å². The average molecular weight is 857 g/mol. The van der Waals surface area contributed by atoms with Crippen molar-refractivity contribution < 1.29 is 62.7 Å². The third-order valence-corrected chi connectivity index (χ3v) is 10.2. The van der Waals surface area contributed by atoms with Gasteiger partial charge in [0.05, 0.1) is 46.1 Å². The Labute approximate surface area is 357 Å². The fourth-order valence-corrected chi connectivity index (χ4v) is 6.72. The van der Waals surface area contributed by atoms with E-state index in [1.165, 1.54) is 71.1 Å². The van der Waals surface area contributed by atoms with Gasteiger partial charge in [-0.25, -0.2) is 4.79 Å². The lowest BCUT2D eigenvalue weighted by molar-refractivity contribution is -0.144. The molecule has 1 atom stereocenters. The first-order chi connectivity index (χ1) is 29.0. The van der Waals surface area contributed by atoms with Crippen LogP contribution in [0.2, 0.25) is 0 Å². The third-order valence-electron chi connectivity index (χ3n) is 10.2. The zero-order chi connectivity index (χ0) is 44.1. The SMILES string of the molecule is CC(=O)COCCOCCNC(=O)COCCOCCNC(=O)CC(NC(=O)C1CCN(C(=O)CCCCCCCCCCCCCCCCCCC(=O)O)CC1)C(=O)O. The zero-order valence-electron chi connectivity index (χ0n) is 36.3. The number of carbonyl (C=O) groups excluding carboxylic acids is 5. The summed E-state index contributed by atoms with van der Waals surface area (Å²) in [6.07, 6.45) is 19.7. The number of likely N-dealkylation sites (tertiary alicyclic amines) is 1. The van der Waals surface area contributed by atoms with Crippen LogP contribution >= 0.6 is 0 Å². The van der Waals surface area contributed by atoms with Crippen molar-refractivity contribution in [1.29, 1.82) is 0 Å². The topological polar surface area (TPSA) is 236 Å². The predicted molar refractivity (Wildman–Crippen MR) is 224 cm³/mol. The van der Waals surface area contributed by atoms with Crippen molar-refractivity contribution in [2.75, 3.05) is 79.0 Å². The Morgan fingerprint density at radius 2 is 1.00 bits per heavy atom. The number of ether oxygens (including phenoxy) is 4. The van der Waals surface area contributed by atoms with Gasteiger partial charge in [-0.2, -0.15) is 0 Å². The second-order valence-electron chi connectivity index (χ2n) is 15.5. The summed E-state index contributed by atoms with van der Waals surface area (Å²) in [5.74, 6) is -3.71. The van der Waals surface area contributed by atoms with Crippen molar-refractivity contribution in [3.8, 4) is 0 Å². The molecule has 17 heteroatoms. The van der Waals surface area contributed by atoms with Gasteiger partial charge in [0.25, 0.3) is 0 Å². The van der Waals surface area contributed by atoms with E-state index in [1.807, 2.05) is 0 Å². The number of carboxylic acids is 2. The van der Waals surface area contributed by atoms with E-state index < -0.39 is 42.1 Å². The van der Waals surface area contributed by atoms with Gasteiger partial charge in [-0.1, -0.05) is 89.9 Å². The number of aliphatic carboxylic acids is 2. The van der Waals surface area contributed by atoms with Crippen molar-refractivity contribution in [1.82, 2.24) is 20.9 Å². The molecule has 60 heavy (non-hydrogen) atoms. The molecule has 1 heterocycles. The molecular formula is C43H76N4O13. The quantitative estimate of drug-likeness (QED) is 0.0545. The largest absolute Gasteiger partial charge is 0.481 e. The number of carbonyl (C=O) groups is 7. The fraction of sp³-hybridized carbons (Fsp3) is 0.837. The van der Waals surface area contributed by atoms with Crippen molar-refractivity contribution in [2.24, 2.45) is 5.92 Å². The Hall–Kier alpha value is -3.67. The maximum Gasteiger partial charge on any atom is 0.326 e. The van der Waals surface area contributed by atoms with Crippen molar-refractivity contribution in [2.45, 2.75) is 148 Å². The summed E-state index contributed by atoms with van der Waals surface area (Å²) in [7, 11) is 0. The highest BCUT2D eigenvalue weighted by atomic mass is 16.5. The van der Waals surface area contributed by atoms with E-state index in [-0.39, 0.29) is 63.6 Å². The molecule has 1 aliphatic rings. The van der Waals surface area contributed by atoms with Crippen LogP contribution in [-0.2, 0) is 52.5 Å². The lowest BCUT2D eigenvalue weighted by atomic mass is 9.95. The number of nitrogens with one attached hydrogen (secondary N) is 3. The van der Waals surface area contributed by atoms with E-state index in [0.29, 0.717) is 58.7 Å². The number of unbranched alkanes of at least 4 members (excludes halogenated alkanes) is 15. The molecule has 1 aliphatic heterocycles. The van der Waals surface area contributed by atoms with E-state index in [9.17, 15) is 38.7 Å². The van der Waals surface area contributed by atoms with Crippen LogP contribution in [0.25, 0.3) is 0 Å². The average Bonchev–Trinajstić information content (AvgIpc) is 3.21. The molecule has 1 unspecified atom stereocenters. The molecule has 0 aromatic carbocycles. The number of amides is 4. The molecule has 0 aliphatic carbocycles. The van der Waals surface area contributed by atoms with Gasteiger partial charge in [-0.15, -0.1) is 0 Å². The van der Waals surface area contributed by atoms with Gasteiger partial charge in [0.2, 0.25) is 23.6 Å². The summed E-state index contributed by atoms with van der Waals surface area (Å²) < 4.78 is 21.0. The molecule has 17 nitrogen and oxygen atoms in total. The normalized spacial score (nSPS) is 13.4. The van der Waals surface area contributed by atoms with Crippen molar-refractivity contribution in [3.63, 3.8) is 0 Å². The number of hydrogen-bond donors (Lipinski definition) is 5. The van der Waals surface area contributed by atoms with Crippen LogP contribution in [0.5, 0.6) is 0 Å². The number of nitrogens with zero attached hydrogens (tertiary/aromatic N) is 1. The number of rotatable bonds is 40. The first-order valence-electron chi connectivity index (χ1n) is 22.4. The summed E-state index contributed by atoms with van der Waals surface area (Å²) in [5, 5.41) is 26.0. The first kappa shape index (κ1) is 54.3. The fourth-order valence-electron chi connectivity index (χ4n) is 6.72. The van der Waals surface area contributed by atoms with Crippen LogP contribution < -0.4 is 16.0 Å². The maximum absolute atomic E-state index is 12.9. The smallest absolute Gasteiger partial charge is 0.326 e. The van der Waals surface area contributed by atoms with Crippen LogP contribution in [0.3, 0.4) is 0 Å². The van der Waals surface area contributed by atoms with Crippen LogP contribution in [0.4, 0.5) is 0 Å². The van der Waals surface area contributed by atoms with Crippen molar-refractivity contribution in [3.05, 3.63) is 0 Å². The lowest BCUT2D eigenvalue weighted by Gasteiger charge is -2.32. The number of piperidine rings is 1. The maximum atomic E-state index is 12.9. The molecule has 1 rings (SSSR count). The molecule has 4 amide bonds. The van der Waals surface area contributed by atoms with E-state index in [0.717, 1.165) is 38.5 Å². The minimum absolute atomic E-state index is 0.0471. The second-order valence-corrected chi connectivity index (χ2v) is 15.5. The van der Waals surface area contributed by atoms with E-state index in [1.54, 1.807) is 4.90 Å². The summed E-state index contributed by atoms with van der Waals surface area (Å²) in [6, 6.07) is -1.38. The Kier molecular flexibility index (Phi) is 33.6. The summed E-state index contributed by atoms with van der Waals surface area (Å²) in [4.78, 5) is 84.7. The Morgan fingerprint density at radius 3 is 1.47 bits per heavy atom. The molecule has 0 aromatic heterocycles. The number of Topliss-reactive ketones (excluding diaryl/α,β-unsaturated/α-hetero) is 1. The molecule has 346 valence electrons. The van der Waals surface area contributed by atoms with Crippen LogP contribution in [0.15, 0.2) is 0 Å². The number of hydrogen-bond acceptors (Lipinski definition) is 11. The Bertz CT molecular complexity index is 1210. The second kappa shape index (κ2) is 37.1. The van der Waals surface area contributed by atoms with Gasteiger partial charge in [-0.05, 0) is 32.6 Å². The molecule has 0 spiro atoms. The first-order valence-corrected chi connectivity index (χ1v) is 22.4. The van der Waals surface area contributed by atoms with Crippen LogP contribution in [0, 0.1) is 5.92 Å². The van der Waals surface area contributed by atoms with Gasteiger partial charge in [0.15, 0.2) is 5.78 Å². The Balaban J connectivity index is 2.03. The molecule has 0 aromatic rings. The van der Waals surface area contributed by atoms with Gasteiger partial charge < -0.3 is 50.0 Å². The molecule has 1 saturated heterocycles. The highest BCUT2D eigenvalue weighted by molar-refractivity contribution is 5.89. The monoisotopic (exact) mass is 857 g/mol. The van der Waals surface area contributed by atoms with E-state index in [2.05, 4.69) is 16.0 Å². The highest BCUT2D eigenvalue weighted by Gasteiger charge is 2.31. The highest BCUT2D eigenvalue weighted by Crippen LogP contribution is 2.20. The lowest BCUT2D eigenvalue weighted by Crippen LogP contribution is -2.49. The molecule has 0 radical (unpaired) electrons. The number of carboxylic acid groups (broad SMARTS) is 2. The summed E-state index contributed by atoms with van der Waals surface area (Å²) >= 11 is 0. The Morgan fingerprint density at radius 1 is 0.567 bits per heavy atom. The van der Waals surface area contributed by atoms with Gasteiger partial charge >= 0.3 is 11.9 Å². The van der Waals surface area contributed by atoms with Gasteiger partial charge in [0, 0.05) is 44.9 Å². The molecule has 0 bridgehead atoms. The molecule has 1 fully saturated rings. The number of ketones is 1. The van der Waals surface area contributed by atoms with Crippen molar-refractivity contribution >= 4 is 41.4 Å². The summed E-state index contributed by atoms with van der Waals surface area (Å²) in [6.45, 7) is 4.00. The summed E-state index contributed by atoms with van der Waals surface area (Å²) in [5.41, 5.74) is 0. The predicted octanol–water partition coefficient (Wildman–Crippen LogP) is 4.18.